The van der Waals surface area contributed by atoms with Gasteiger partial charge in [0.15, 0.2) is 0 Å². The van der Waals surface area contributed by atoms with Gasteiger partial charge in [-0.2, -0.15) is 0 Å². The molecule has 0 radical (unpaired) electrons. The number of rotatable bonds is 5. The number of aliphatic hydroxyl groups is 1. The lowest BCUT2D eigenvalue weighted by molar-refractivity contribution is 0.0229. The van der Waals surface area contributed by atoms with Gasteiger partial charge in [-0.05, 0) is 26.2 Å². The molecule has 2 N–H and O–H groups in total. The van der Waals surface area contributed by atoms with Crippen LogP contribution < -0.4 is 5.32 Å². The highest BCUT2D eigenvalue weighted by Crippen LogP contribution is 2.26. The quantitative estimate of drug-likeness (QED) is 0.688. The predicted octanol–water partition coefficient (Wildman–Crippen LogP) is 2.85. The standard InChI is InChI=1S/C13H27NO/c1-3-8-12(2)14-11-13(15)9-6-4-5-7-10-13/h12,14-15H,3-11H2,1-2H3. The van der Waals surface area contributed by atoms with Crippen LogP contribution in [0.25, 0.3) is 0 Å². The lowest BCUT2D eigenvalue weighted by Crippen LogP contribution is -2.43. The molecular weight excluding hydrogens is 186 g/mol. The van der Waals surface area contributed by atoms with Crippen LogP contribution in [0.2, 0.25) is 0 Å². The SMILES string of the molecule is CCCC(C)NCC1(O)CCCCCC1. The van der Waals surface area contributed by atoms with Crippen molar-refractivity contribution in [2.24, 2.45) is 0 Å². The molecule has 0 aromatic heterocycles. The third-order valence-corrected chi connectivity index (χ3v) is 3.54. The van der Waals surface area contributed by atoms with Crippen molar-refractivity contribution in [3.8, 4) is 0 Å². The van der Waals surface area contributed by atoms with Crippen LogP contribution in [-0.2, 0) is 0 Å². The van der Waals surface area contributed by atoms with Gasteiger partial charge in [-0.3, -0.25) is 0 Å². The van der Waals surface area contributed by atoms with E-state index in [1.807, 2.05) is 0 Å². The fraction of sp³-hybridized carbons (Fsp3) is 1.00. The van der Waals surface area contributed by atoms with Gasteiger partial charge < -0.3 is 10.4 Å². The Kier molecular flexibility index (Phi) is 5.62. The van der Waals surface area contributed by atoms with Crippen molar-refractivity contribution in [3.05, 3.63) is 0 Å². The van der Waals surface area contributed by atoms with Crippen LogP contribution in [-0.4, -0.2) is 23.3 Å². The molecule has 1 atom stereocenters. The van der Waals surface area contributed by atoms with Crippen molar-refractivity contribution in [1.82, 2.24) is 5.32 Å². The molecule has 0 bridgehead atoms. The molecule has 0 aromatic carbocycles. The Balaban J connectivity index is 2.27. The van der Waals surface area contributed by atoms with Crippen LogP contribution in [0.15, 0.2) is 0 Å². The van der Waals surface area contributed by atoms with Crippen LogP contribution in [0.4, 0.5) is 0 Å². The van der Waals surface area contributed by atoms with E-state index in [-0.39, 0.29) is 0 Å². The largest absolute Gasteiger partial charge is 0.389 e. The first kappa shape index (κ1) is 13.0. The van der Waals surface area contributed by atoms with Crippen molar-refractivity contribution >= 4 is 0 Å². The maximum absolute atomic E-state index is 10.4. The zero-order valence-electron chi connectivity index (χ0n) is 10.4. The molecule has 1 aliphatic carbocycles. The van der Waals surface area contributed by atoms with Gasteiger partial charge in [0.2, 0.25) is 0 Å². The summed E-state index contributed by atoms with van der Waals surface area (Å²) in [6.45, 7) is 5.20. The summed E-state index contributed by atoms with van der Waals surface area (Å²) in [5.74, 6) is 0. The Bertz CT molecular complexity index is 162. The molecule has 1 saturated carbocycles. The maximum atomic E-state index is 10.4. The number of nitrogens with one attached hydrogen (secondary N) is 1. The molecule has 0 aliphatic heterocycles. The third kappa shape index (κ3) is 4.98. The lowest BCUT2D eigenvalue weighted by Gasteiger charge is -2.28. The van der Waals surface area contributed by atoms with Gasteiger partial charge in [0, 0.05) is 12.6 Å². The minimum atomic E-state index is -0.418. The van der Waals surface area contributed by atoms with Crippen molar-refractivity contribution < 1.29 is 5.11 Å². The van der Waals surface area contributed by atoms with E-state index in [0.29, 0.717) is 6.04 Å². The first-order valence-electron chi connectivity index (χ1n) is 6.62. The molecule has 0 spiro atoms. The van der Waals surface area contributed by atoms with Gasteiger partial charge >= 0.3 is 0 Å². The first-order valence-corrected chi connectivity index (χ1v) is 6.62. The van der Waals surface area contributed by atoms with E-state index in [1.165, 1.54) is 38.5 Å². The zero-order chi connectivity index (χ0) is 11.1. The van der Waals surface area contributed by atoms with E-state index in [0.717, 1.165) is 19.4 Å². The lowest BCUT2D eigenvalue weighted by atomic mass is 9.94. The molecule has 90 valence electrons. The third-order valence-electron chi connectivity index (χ3n) is 3.54. The summed E-state index contributed by atoms with van der Waals surface area (Å²) in [5, 5.41) is 13.9. The molecule has 1 fully saturated rings. The molecule has 1 unspecified atom stereocenters. The molecule has 2 nitrogen and oxygen atoms in total. The van der Waals surface area contributed by atoms with E-state index >= 15 is 0 Å². The Labute approximate surface area is 94.5 Å². The molecular formula is C13H27NO. The van der Waals surface area contributed by atoms with Crippen LogP contribution in [0.3, 0.4) is 0 Å². The maximum Gasteiger partial charge on any atom is 0.0771 e. The normalized spacial score (nSPS) is 23.4. The highest BCUT2D eigenvalue weighted by atomic mass is 16.3. The van der Waals surface area contributed by atoms with Crippen molar-refractivity contribution in [1.29, 1.82) is 0 Å². The summed E-state index contributed by atoms with van der Waals surface area (Å²) in [5.41, 5.74) is -0.418. The van der Waals surface area contributed by atoms with Gasteiger partial charge in [-0.25, -0.2) is 0 Å². The highest BCUT2D eigenvalue weighted by molar-refractivity contribution is 4.84. The monoisotopic (exact) mass is 213 g/mol. The Morgan fingerprint density at radius 3 is 2.33 bits per heavy atom. The number of hydrogen-bond acceptors (Lipinski definition) is 2. The summed E-state index contributed by atoms with van der Waals surface area (Å²) in [7, 11) is 0. The van der Waals surface area contributed by atoms with Gasteiger partial charge in [0.25, 0.3) is 0 Å². The Hall–Kier alpha value is -0.0800. The fourth-order valence-electron chi connectivity index (χ4n) is 2.46. The van der Waals surface area contributed by atoms with E-state index in [9.17, 15) is 5.11 Å². The van der Waals surface area contributed by atoms with Crippen LogP contribution in [0, 0.1) is 0 Å². The molecule has 2 heteroatoms. The Morgan fingerprint density at radius 1 is 1.20 bits per heavy atom. The summed E-state index contributed by atoms with van der Waals surface area (Å²) < 4.78 is 0. The second kappa shape index (κ2) is 6.49. The van der Waals surface area contributed by atoms with Gasteiger partial charge in [0.05, 0.1) is 5.60 Å². The second-order valence-electron chi connectivity index (χ2n) is 5.21. The topological polar surface area (TPSA) is 32.3 Å². The number of hydrogen-bond donors (Lipinski definition) is 2. The smallest absolute Gasteiger partial charge is 0.0771 e. The van der Waals surface area contributed by atoms with Crippen molar-refractivity contribution in [2.75, 3.05) is 6.54 Å². The molecule has 0 amide bonds. The molecule has 1 aliphatic rings. The van der Waals surface area contributed by atoms with E-state index in [2.05, 4.69) is 19.2 Å². The summed E-state index contributed by atoms with van der Waals surface area (Å²) in [4.78, 5) is 0. The molecule has 15 heavy (non-hydrogen) atoms. The summed E-state index contributed by atoms with van der Waals surface area (Å²) in [6, 6.07) is 0.544. The van der Waals surface area contributed by atoms with E-state index in [1.54, 1.807) is 0 Å². The van der Waals surface area contributed by atoms with Crippen LogP contribution in [0.1, 0.15) is 65.2 Å². The average molecular weight is 213 g/mol. The van der Waals surface area contributed by atoms with Crippen molar-refractivity contribution in [3.63, 3.8) is 0 Å². The molecule has 0 saturated heterocycles. The highest BCUT2D eigenvalue weighted by Gasteiger charge is 2.27. The molecule has 1 rings (SSSR count). The Morgan fingerprint density at radius 2 is 1.80 bits per heavy atom. The van der Waals surface area contributed by atoms with Gasteiger partial charge in [0.1, 0.15) is 0 Å². The van der Waals surface area contributed by atoms with Gasteiger partial charge in [-0.15, -0.1) is 0 Å². The van der Waals surface area contributed by atoms with Crippen LogP contribution in [0.5, 0.6) is 0 Å². The van der Waals surface area contributed by atoms with Crippen LogP contribution >= 0.6 is 0 Å². The minimum absolute atomic E-state index is 0.418. The van der Waals surface area contributed by atoms with E-state index < -0.39 is 5.60 Å². The fourth-order valence-corrected chi connectivity index (χ4v) is 2.46. The zero-order valence-corrected chi connectivity index (χ0v) is 10.4. The van der Waals surface area contributed by atoms with Gasteiger partial charge in [-0.1, -0.05) is 39.0 Å². The molecule has 0 heterocycles. The second-order valence-corrected chi connectivity index (χ2v) is 5.21. The van der Waals surface area contributed by atoms with Crippen molar-refractivity contribution in [2.45, 2.75) is 76.9 Å². The average Bonchev–Trinajstić information content (AvgIpc) is 2.42. The minimum Gasteiger partial charge on any atom is -0.389 e. The summed E-state index contributed by atoms with van der Waals surface area (Å²) in [6.07, 6.45) is 9.38. The summed E-state index contributed by atoms with van der Waals surface area (Å²) >= 11 is 0. The van der Waals surface area contributed by atoms with E-state index in [4.69, 9.17) is 0 Å². The molecule has 0 aromatic rings. The first-order chi connectivity index (χ1) is 7.16. The predicted molar refractivity (Wildman–Crippen MR) is 65.0 cm³/mol.